The van der Waals surface area contributed by atoms with Gasteiger partial charge in [-0.25, -0.2) is 18.4 Å². The van der Waals surface area contributed by atoms with Gasteiger partial charge >= 0.3 is 0 Å². The number of sulfonamides is 1. The van der Waals surface area contributed by atoms with Gasteiger partial charge in [0.25, 0.3) is 15.9 Å². The fourth-order valence-electron chi connectivity index (χ4n) is 3.73. The maximum atomic E-state index is 12.8. The molecule has 4 rings (SSSR count). The lowest BCUT2D eigenvalue weighted by Gasteiger charge is -2.21. The molecule has 152 valence electrons. The van der Waals surface area contributed by atoms with E-state index >= 15 is 0 Å². The zero-order chi connectivity index (χ0) is 20.1. The van der Waals surface area contributed by atoms with Crippen molar-refractivity contribution in [1.29, 1.82) is 0 Å². The quantitative estimate of drug-likeness (QED) is 0.605. The van der Waals surface area contributed by atoms with Crippen LogP contribution in [-0.4, -0.2) is 25.0 Å². The summed E-state index contributed by atoms with van der Waals surface area (Å²) in [6.45, 7) is 0.498. The van der Waals surface area contributed by atoms with E-state index in [-0.39, 0.29) is 16.6 Å². The third kappa shape index (κ3) is 4.85. The van der Waals surface area contributed by atoms with Crippen LogP contribution >= 0.6 is 0 Å². The van der Waals surface area contributed by atoms with Gasteiger partial charge in [0.15, 0.2) is 0 Å². The lowest BCUT2D eigenvalue weighted by atomic mass is 9.87. The van der Waals surface area contributed by atoms with Crippen LogP contribution in [0.5, 0.6) is 5.88 Å². The molecule has 2 aromatic carbocycles. The predicted molar refractivity (Wildman–Crippen MR) is 113 cm³/mol. The van der Waals surface area contributed by atoms with Gasteiger partial charge in [-0.15, -0.1) is 0 Å². The lowest BCUT2D eigenvalue weighted by Crippen LogP contribution is -2.16. The summed E-state index contributed by atoms with van der Waals surface area (Å²) in [4.78, 5) is 9.17. The van der Waals surface area contributed by atoms with E-state index in [2.05, 4.69) is 14.7 Å². The Hall–Kier alpha value is -2.67. The van der Waals surface area contributed by atoms with Gasteiger partial charge < -0.3 is 4.74 Å². The van der Waals surface area contributed by atoms with E-state index in [4.69, 9.17) is 4.74 Å². The van der Waals surface area contributed by atoms with E-state index < -0.39 is 10.0 Å². The SMILES string of the molecule is O=S(=O)(Nc1nc2ccccc2nc1OCCC1CCCCC1)c1ccccc1. The topological polar surface area (TPSA) is 81.2 Å². The van der Waals surface area contributed by atoms with Crippen LogP contribution in [0.15, 0.2) is 59.5 Å². The number of ether oxygens (including phenoxy) is 1. The zero-order valence-electron chi connectivity index (χ0n) is 16.3. The Morgan fingerprint density at radius 2 is 1.55 bits per heavy atom. The van der Waals surface area contributed by atoms with Gasteiger partial charge in [0, 0.05) is 0 Å². The van der Waals surface area contributed by atoms with Crippen molar-refractivity contribution >= 4 is 26.9 Å². The molecular formula is C22H25N3O3S. The van der Waals surface area contributed by atoms with Crippen molar-refractivity contribution in [2.75, 3.05) is 11.3 Å². The molecule has 0 unspecified atom stereocenters. The summed E-state index contributed by atoms with van der Waals surface area (Å²) >= 11 is 0. The number of anilines is 1. The Kier molecular flexibility index (Phi) is 5.94. The lowest BCUT2D eigenvalue weighted by molar-refractivity contribution is 0.241. The normalized spacial score (nSPS) is 15.3. The van der Waals surface area contributed by atoms with Crippen LogP contribution in [-0.2, 0) is 10.0 Å². The monoisotopic (exact) mass is 411 g/mol. The minimum absolute atomic E-state index is 0.121. The number of nitrogens with zero attached hydrogens (tertiary/aromatic N) is 2. The molecule has 0 atom stereocenters. The molecule has 1 aromatic heterocycles. The highest BCUT2D eigenvalue weighted by Gasteiger charge is 2.20. The molecule has 0 bridgehead atoms. The van der Waals surface area contributed by atoms with Crippen LogP contribution in [0.25, 0.3) is 11.0 Å². The summed E-state index contributed by atoms with van der Waals surface area (Å²) in [5.74, 6) is 1.01. The van der Waals surface area contributed by atoms with Gasteiger partial charge in [-0.1, -0.05) is 62.4 Å². The van der Waals surface area contributed by atoms with E-state index in [0.717, 1.165) is 6.42 Å². The number of hydrogen-bond donors (Lipinski definition) is 1. The molecule has 1 N–H and O–H groups in total. The highest BCUT2D eigenvalue weighted by Crippen LogP contribution is 2.29. The molecule has 0 spiro atoms. The third-order valence-electron chi connectivity index (χ3n) is 5.31. The number of para-hydroxylation sites is 2. The maximum absolute atomic E-state index is 12.8. The van der Waals surface area contributed by atoms with E-state index in [1.807, 2.05) is 18.2 Å². The molecule has 29 heavy (non-hydrogen) atoms. The average molecular weight is 412 g/mol. The predicted octanol–water partition coefficient (Wildman–Crippen LogP) is 4.78. The molecule has 0 aliphatic heterocycles. The number of fused-ring (bicyclic) bond motifs is 1. The Labute approximate surface area is 171 Å². The van der Waals surface area contributed by atoms with E-state index in [1.54, 1.807) is 36.4 Å². The fraction of sp³-hybridized carbons (Fsp3) is 0.364. The first-order chi connectivity index (χ1) is 14.1. The fourth-order valence-corrected chi connectivity index (χ4v) is 4.76. The molecule has 1 saturated carbocycles. The van der Waals surface area contributed by atoms with Crippen molar-refractivity contribution in [3.8, 4) is 5.88 Å². The van der Waals surface area contributed by atoms with Gasteiger partial charge in [-0.3, -0.25) is 4.72 Å². The summed E-state index contributed by atoms with van der Waals surface area (Å²) in [6.07, 6.45) is 7.30. The van der Waals surface area contributed by atoms with Crippen LogP contribution in [0, 0.1) is 5.92 Å². The minimum atomic E-state index is -3.78. The standard InChI is InChI=1S/C22H25N3O3S/c26-29(27,18-11-5-2-6-12-18)25-21-22(24-20-14-8-7-13-19(20)23-21)28-16-15-17-9-3-1-4-10-17/h2,5-8,11-14,17H,1,3-4,9-10,15-16H2,(H,23,25). The number of rotatable bonds is 7. The number of benzene rings is 2. The number of hydrogen-bond acceptors (Lipinski definition) is 5. The van der Waals surface area contributed by atoms with Crippen LogP contribution < -0.4 is 9.46 Å². The second-order valence-electron chi connectivity index (χ2n) is 7.43. The van der Waals surface area contributed by atoms with Crippen molar-refractivity contribution in [1.82, 2.24) is 9.97 Å². The number of aromatic nitrogens is 2. The van der Waals surface area contributed by atoms with Crippen molar-refractivity contribution in [2.24, 2.45) is 5.92 Å². The van der Waals surface area contributed by atoms with Crippen molar-refractivity contribution < 1.29 is 13.2 Å². The second kappa shape index (κ2) is 8.78. The summed E-state index contributed by atoms with van der Waals surface area (Å²) in [6, 6.07) is 15.6. The minimum Gasteiger partial charge on any atom is -0.475 e. The molecular weight excluding hydrogens is 386 g/mol. The highest BCUT2D eigenvalue weighted by atomic mass is 32.2. The summed E-state index contributed by atoms with van der Waals surface area (Å²) in [5.41, 5.74) is 1.28. The van der Waals surface area contributed by atoms with Crippen LogP contribution in [0.1, 0.15) is 38.5 Å². The molecule has 1 fully saturated rings. The molecule has 0 radical (unpaired) electrons. The van der Waals surface area contributed by atoms with Crippen molar-refractivity contribution in [2.45, 2.75) is 43.4 Å². The molecule has 0 amide bonds. The first-order valence-electron chi connectivity index (χ1n) is 10.1. The first kappa shape index (κ1) is 19.6. The summed E-state index contributed by atoms with van der Waals surface area (Å²) < 4.78 is 34.0. The van der Waals surface area contributed by atoms with Crippen molar-refractivity contribution in [3.63, 3.8) is 0 Å². The number of nitrogens with one attached hydrogen (secondary N) is 1. The Balaban J connectivity index is 1.58. The van der Waals surface area contributed by atoms with E-state index in [0.29, 0.717) is 23.6 Å². The molecule has 7 heteroatoms. The first-order valence-corrected chi connectivity index (χ1v) is 11.6. The maximum Gasteiger partial charge on any atom is 0.263 e. The smallest absolute Gasteiger partial charge is 0.263 e. The summed E-state index contributed by atoms with van der Waals surface area (Å²) in [5, 5.41) is 0. The summed E-state index contributed by atoms with van der Waals surface area (Å²) in [7, 11) is -3.78. The Morgan fingerprint density at radius 3 is 2.28 bits per heavy atom. The van der Waals surface area contributed by atoms with Crippen molar-refractivity contribution in [3.05, 3.63) is 54.6 Å². The van der Waals surface area contributed by atoms with Gasteiger partial charge in [0.05, 0.1) is 22.5 Å². The second-order valence-corrected chi connectivity index (χ2v) is 9.11. The molecule has 1 heterocycles. The van der Waals surface area contributed by atoms with Crippen LogP contribution in [0.3, 0.4) is 0 Å². The Bertz CT molecular complexity index is 1070. The molecule has 6 nitrogen and oxygen atoms in total. The van der Waals surface area contributed by atoms with Gasteiger partial charge in [0.2, 0.25) is 5.82 Å². The van der Waals surface area contributed by atoms with Crippen LogP contribution in [0.4, 0.5) is 5.82 Å². The average Bonchev–Trinajstić information content (AvgIpc) is 2.75. The Morgan fingerprint density at radius 1 is 0.897 bits per heavy atom. The molecule has 1 aliphatic carbocycles. The highest BCUT2D eigenvalue weighted by molar-refractivity contribution is 7.92. The largest absolute Gasteiger partial charge is 0.475 e. The van der Waals surface area contributed by atoms with E-state index in [9.17, 15) is 8.42 Å². The van der Waals surface area contributed by atoms with Gasteiger partial charge in [-0.05, 0) is 36.6 Å². The van der Waals surface area contributed by atoms with Gasteiger partial charge in [0.1, 0.15) is 0 Å². The van der Waals surface area contributed by atoms with Crippen LogP contribution in [0.2, 0.25) is 0 Å². The van der Waals surface area contributed by atoms with E-state index in [1.165, 1.54) is 32.1 Å². The molecule has 3 aromatic rings. The molecule has 0 saturated heterocycles. The zero-order valence-corrected chi connectivity index (χ0v) is 17.1. The molecule has 1 aliphatic rings. The third-order valence-corrected chi connectivity index (χ3v) is 6.67. The van der Waals surface area contributed by atoms with Gasteiger partial charge in [-0.2, -0.15) is 0 Å².